The van der Waals surface area contributed by atoms with Gasteiger partial charge in [0.1, 0.15) is 0 Å². The van der Waals surface area contributed by atoms with Crippen LogP contribution in [0, 0.1) is 0 Å². The summed E-state index contributed by atoms with van der Waals surface area (Å²) in [7, 11) is 0. The largest absolute Gasteiger partial charge is 0.550 e. The highest BCUT2D eigenvalue weighted by atomic mass is 19.4. The Morgan fingerprint density at radius 3 is 2.15 bits per heavy atom. The number of ether oxygens (including phenoxy) is 1. The van der Waals surface area contributed by atoms with Crippen LogP contribution in [-0.2, 0) is 14.5 Å². The van der Waals surface area contributed by atoms with Crippen LogP contribution in [0.2, 0.25) is 0 Å². The van der Waals surface area contributed by atoms with Gasteiger partial charge in [0, 0.05) is 0 Å². The molecule has 0 aromatic rings. The van der Waals surface area contributed by atoms with E-state index >= 15 is 0 Å². The van der Waals surface area contributed by atoms with E-state index in [4.69, 9.17) is 5.11 Å². The lowest BCUT2D eigenvalue weighted by Crippen LogP contribution is -2.21. The van der Waals surface area contributed by atoms with E-state index in [1.807, 2.05) is 0 Å². The minimum absolute atomic E-state index is 1.88. The van der Waals surface area contributed by atoms with Crippen molar-refractivity contribution >= 4 is 12.3 Å². The third-order valence-electron chi connectivity index (χ3n) is 0.535. The molecule has 0 saturated heterocycles. The summed E-state index contributed by atoms with van der Waals surface area (Å²) in [5.41, 5.74) is 0. The third-order valence-corrected chi connectivity index (χ3v) is 0.535. The van der Waals surface area contributed by atoms with E-state index in [1.165, 1.54) is 0 Å². The van der Waals surface area contributed by atoms with Crippen LogP contribution in [0.25, 0.3) is 0 Å². The van der Waals surface area contributed by atoms with Crippen molar-refractivity contribution in [2.45, 2.75) is 6.18 Å². The van der Waals surface area contributed by atoms with Gasteiger partial charge in [-0.25, -0.2) is 9.68 Å². The Bertz CT molecular complexity index is 199. The topological polar surface area (TPSA) is 82.1 Å². The maximum Gasteiger partial charge on any atom is 0.550 e. The monoisotopic (exact) mass is 204 g/mol. The van der Waals surface area contributed by atoms with Gasteiger partial charge in [0.05, 0.1) is 0 Å². The van der Waals surface area contributed by atoms with Crippen molar-refractivity contribution in [3.05, 3.63) is 0 Å². The quantitative estimate of drug-likeness (QED) is 0.394. The van der Waals surface area contributed by atoms with Crippen LogP contribution >= 0.6 is 0 Å². The average Bonchev–Trinajstić information content (AvgIpc) is 1.95. The first-order valence-electron chi connectivity index (χ1n) is 2.62. The summed E-state index contributed by atoms with van der Waals surface area (Å²) >= 11 is 0. The number of carbonyl (C=O) groups is 2. The smallest absolute Gasteiger partial charge is 0.447 e. The maximum atomic E-state index is 11.3. The van der Waals surface area contributed by atoms with Gasteiger partial charge < -0.3 is 9.84 Å². The summed E-state index contributed by atoms with van der Waals surface area (Å²) in [6.07, 6.45) is -8.58. The molecule has 76 valence electrons. The van der Waals surface area contributed by atoms with Gasteiger partial charge in [-0.3, -0.25) is 0 Å². The van der Waals surface area contributed by atoms with Gasteiger partial charge in [0.15, 0.2) is 6.61 Å². The molecule has 0 rings (SSSR count). The fraction of sp³-hybridized carbons (Fsp3) is 0.500. The zero-order chi connectivity index (χ0) is 10.5. The SMILES string of the molecule is O=C(O)OOC(=O)OCC(F)(F)F. The summed E-state index contributed by atoms with van der Waals surface area (Å²) in [5.74, 6) is 0. The summed E-state index contributed by atoms with van der Waals surface area (Å²) in [5, 5.41) is 7.71. The first kappa shape index (κ1) is 11.3. The highest BCUT2D eigenvalue weighted by Gasteiger charge is 2.30. The lowest BCUT2D eigenvalue weighted by atomic mass is 10.7. The molecule has 0 aromatic carbocycles. The molecule has 0 aliphatic heterocycles. The molecule has 13 heavy (non-hydrogen) atoms. The van der Waals surface area contributed by atoms with Crippen molar-refractivity contribution in [1.29, 1.82) is 0 Å². The minimum atomic E-state index is -4.71. The predicted octanol–water partition coefficient (Wildman–Crippen LogP) is 1.31. The highest BCUT2D eigenvalue weighted by Crippen LogP contribution is 2.14. The molecule has 0 spiro atoms. The Morgan fingerprint density at radius 2 is 1.77 bits per heavy atom. The fourth-order valence-electron chi connectivity index (χ4n) is 0.234. The highest BCUT2D eigenvalue weighted by molar-refractivity contribution is 5.62. The third kappa shape index (κ3) is 8.23. The second kappa shape index (κ2) is 4.38. The van der Waals surface area contributed by atoms with E-state index in [2.05, 4.69) is 14.5 Å². The molecule has 6 nitrogen and oxygen atoms in total. The van der Waals surface area contributed by atoms with Gasteiger partial charge in [0.25, 0.3) is 0 Å². The molecule has 0 bridgehead atoms. The van der Waals surface area contributed by atoms with Crippen LogP contribution < -0.4 is 0 Å². The Hall–Kier alpha value is -1.67. The first-order chi connectivity index (χ1) is 5.81. The van der Waals surface area contributed by atoms with Crippen molar-refractivity contribution in [1.82, 2.24) is 0 Å². The van der Waals surface area contributed by atoms with Gasteiger partial charge in [-0.2, -0.15) is 22.9 Å². The van der Waals surface area contributed by atoms with E-state index in [-0.39, 0.29) is 0 Å². The molecule has 1 N–H and O–H groups in total. The standard InChI is InChI=1S/C4H3F3O6/c5-4(6,7)1-11-3(10)13-12-2(8)9/h1H2,(H,8,9). The molecule has 0 aromatic heterocycles. The number of rotatable bonds is 1. The normalized spacial score (nSPS) is 10.4. The van der Waals surface area contributed by atoms with E-state index in [9.17, 15) is 22.8 Å². The van der Waals surface area contributed by atoms with Crippen molar-refractivity contribution in [2.75, 3.05) is 6.61 Å². The molecular weight excluding hydrogens is 201 g/mol. The van der Waals surface area contributed by atoms with E-state index in [1.54, 1.807) is 0 Å². The molecule has 0 unspecified atom stereocenters. The minimum Gasteiger partial charge on any atom is -0.447 e. The Morgan fingerprint density at radius 1 is 1.23 bits per heavy atom. The van der Waals surface area contributed by atoms with E-state index in [0.717, 1.165) is 0 Å². The molecular formula is C4H3F3O6. The molecule has 0 heterocycles. The Kier molecular flexibility index (Phi) is 3.82. The van der Waals surface area contributed by atoms with Crippen molar-refractivity contribution in [3.63, 3.8) is 0 Å². The van der Waals surface area contributed by atoms with Crippen molar-refractivity contribution < 1.29 is 42.4 Å². The molecule has 0 aliphatic rings. The molecule has 0 amide bonds. The molecule has 0 saturated carbocycles. The maximum absolute atomic E-state index is 11.3. The molecule has 0 fully saturated rings. The molecule has 0 radical (unpaired) electrons. The molecule has 0 atom stereocenters. The van der Waals surface area contributed by atoms with Crippen LogP contribution in [0.3, 0.4) is 0 Å². The van der Waals surface area contributed by atoms with Gasteiger partial charge >= 0.3 is 18.5 Å². The predicted molar refractivity (Wildman–Crippen MR) is 27.6 cm³/mol. The van der Waals surface area contributed by atoms with Crippen molar-refractivity contribution in [2.24, 2.45) is 0 Å². The van der Waals surface area contributed by atoms with Gasteiger partial charge in [0.2, 0.25) is 0 Å². The van der Waals surface area contributed by atoms with Gasteiger partial charge in [-0.15, -0.1) is 0 Å². The van der Waals surface area contributed by atoms with Crippen LogP contribution in [-0.4, -0.2) is 30.2 Å². The summed E-state index contributed by atoms with van der Waals surface area (Å²) in [6, 6.07) is 0. The molecule has 9 heteroatoms. The lowest BCUT2D eigenvalue weighted by Gasteiger charge is -2.05. The summed E-state index contributed by atoms with van der Waals surface area (Å²) in [6.45, 7) is -1.88. The second-order valence-electron chi connectivity index (χ2n) is 1.59. The van der Waals surface area contributed by atoms with Gasteiger partial charge in [-0.05, 0) is 0 Å². The Labute approximate surface area is 68.7 Å². The number of carbonyl (C=O) groups excluding carboxylic acids is 1. The average molecular weight is 204 g/mol. The lowest BCUT2D eigenvalue weighted by molar-refractivity contribution is -0.228. The number of hydrogen-bond acceptors (Lipinski definition) is 5. The van der Waals surface area contributed by atoms with Crippen LogP contribution in [0.4, 0.5) is 22.8 Å². The zero-order valence-corrected chi connectivity index (χ0v) is 5.83. The molecule has 0 aliphatic carbocycles. The van der Waals surface area contributed by atoms with E-state index in [0.29, 0.717) is 0 Å². The first-order valence-corrected chi connectivity index (χ1v) is 2.62. The van der Waals surface area contributed by atoms with Crippen molar-refractivity contribution in [3.8, 4) is 0 Å². The van der Waals surface area contributed by atoms with Crippen LogP contribution in [0.1, 0.15) is 0 Å². The second-order valence-corrected chi connectivity index (χ2v) is 1.59. The van der Waals surface area contributed by atoms with E-state index < -0.39 is 25.1 Å². The zero-order valence-electron chi connectivity index (χ0n) is 5.83. The number of carboxylic acid groups (broad SMARTS) is 1. The summed E-state index contributed by atoms with van der Waals surface area (Å²) in [4.78, 5) is 26.0. The fourth-order valence-corrected chi connectivity index (χ4v) is 0.234. The number of alkyl halides is 3. The summed E-state index contributed by atoms with van der Waals surface area (Å²) < 4.78 is 37.4. The number of hydrogen-bond donors (Lipinski definition) is 1. The van der Waals surface area contributed by atoms with Gasteiger partial charge in [-0.1, -0.05) is 0 Å². The van der Waals surface area contributed by atoms with Crippen LogP contribution in [0.15, 0.2) is 0 Å². The number of halogens is 3. The van der Waals surface area contributed by atoms with Crippen LogP contribution in [0.5, 0.6) is 0 Å². The Balaban J connectivity index is 3.58.